The molecule has 0 aromatic heterocycles. The molecule has 0 saturated carbocycles. The normalized spacial score (nSPS) is 17.8. The highest BCUT2D eigenvalue weighted by Gasteiger charge is 2.27. The molecule has 1 aromatic carbocycles. The third kappa shape index (κ3) is 1.92. The molecule has 2 rings (SSSR count). The molecule has 4 nitrogen and oxygen atoms in total. The van der Waals surface area contributed by atoms with Crippen molar-refractivity contribution in [3.05, 3.63) is 23.8 Å². The molecule has 0 radical (unpaired) electrons. The molecule has 2 N–H and O–H groups in total. The monoisotopic (exact) mass is 240 g/mol. The molecule has 1 fully saturated rings. The maximum Gasteiger partial charge on any atom is 0.243 e. The Morgan fingerprint density at radius 2 is 1.88 bits per heavy atom. The van der Waals surface area contributed by atoms with Crippen molar-refractivity contribution < 1.29 is 8.42 Å². The number of rotatable bonds is 2. The largest absolute Gasteiger partial charge is 0.399 e. The molecule has 0 amide bonds. The minimum absolute atomic E-state index is 0.348. The van der Waals surface area contributed by atoms with E-state index < -0.39 is 10.0 Å². The van der Waals surface area contributed by atoms with Crippen molar-refractivity contribution in [3.8, 4) is 0 Å². The molecule has 0 atom stereocenters. The van der Waals surface area contributed by atoms with Gasteiger partial charge in [0, 0.05) is 18.8 Å². The zero-order chi connectivity index (χ0) is 11.8. The van der Waals surface area contributed by atoms with E-state index in [1.165, 1.54) is 4.31 Å². The van der Waals surface area contributed by atoms with Crippen molar-refractivity contribution in [1.29, 1.82) is 0 Å². The second kappa shape index (κ2) is 4.07. The molecule has 88 valence electrons. The molecule has 1 saturated heterocycles. The summed E-state index contributed by atoms with van der Waals surface area (Å²) in [6.07, 6.45) is 1.90. The highest BCUT2D eigenvalue weighted by atomic mass is 32.2. The number of sulfonamides is 1. The Morgan fingerprint density at radius 1 is 1.25 bits per heavy atom. The number of nitrogens with two attached hydrogens (primary N) is 1. The zero-order valence-electron chi connectivity index (χ0n) is 9.31. The number of anilines is 1. The SMILES string of the molecule is Cc1cc(S(=O)(=O)N2CCCC2)ccc1N. The lowest BCUT2D eigenvalue weighted by atomic mass is 10.2. The fourth-order valence-electron chi connectivity index (χ4n) is 1.89. The van der Waals surface area contributed by atoms with Crippen molar-refractivity contribution in [3.63, 3.8) is 0 Å². The smallest absolute Gasteiger partial charge is 0.243 e. The van der Waals surface area contributed by atoms with Crippen LogP contribution in [0.2, 0.25) is 0 Å². The van der Waals surface area contributed by atoms with E-state index in [-0.39, 0.29) is 0 Å². The van der Waals surface area contributed by atoms with Crippen LogP contribution in [0.3, 0.4) is 0 Å². The van der Waals surface area contributed by atoms with E-state index in [2.05, 4.69) is 0 Å². The first-order valence-corrected chi connectivity index (χ1v) is 6.82. The summed E-state index contributed by atoms with van der Waals surface area (Å²) >= 11 is 0. The van der Waals surface area contributed by atoms with E-state index in [1.807, 2.05) is 6.92 Å². The Bertz CT molecular complexity index is 491. The summed E-state index contributed by atoms with van der Waals surface area (Å²) in [4.78, 5) is 0.348. The van der Waals surface area contributed by atoms with Gasteiger partial charge < -0.3 is 5.73 Å². The predicted molar refractivity (Wildman–Crippen MR) is 63.6 cm³/mol. The van der Waals surface area contributed by atoms with Crippen LogP contribution in [0.5, 0.6) is 0 Å². The molecule has 1 heterocycles. The molecular weight excluding hydrogens is 224 g/mol. The maximum atomic E-state index is 12.2. The van der Waals surface area contributed by atoms with Gasteiger partial charge in [0.25, 0.3) is 0 Å². The first-order chi connectivity index (χ1) is 7.51. The number of nitrogen functional groups attached to an aromatic ring is 1. The van der Waals surface area contributed by atoms with Gasteiger partial charge in [0.1, 0.15) is 0 Å². The standard InChI is InChI=1S/C11H16N2O2S/c1-9-8-10(4-5-11(9)12)16(14,15)13-6-2-3-7-13/h4-5,8H,2-3,6-7,12H2,1H3. The summed E-state index contributed by atoms with van der Waals surface area (Å²) in [5.74, 6) is 0. The van der Waals surface area contributed by atoms with Crippen molar-refractivity contribution in [1.82, 2.24) is 4.31 Å². The van der Waals surface area contributed by atoms with Crippen LogP contribution in [0.4, 0.5) is 5.69 Å². The minimum atomic E-state index is -3.30. The van der Waals surface area contributed by atoms with Crippen LogP contribution in [-0.4, -0.2) is 25.8 Å². The van der Waals surface area contributed by atoms with Gasteiger partial charge in [0.2, 0.25) is 10.0 Å². The summed E-state index contributed by atoms with van der Waals surface area (Å²) in [6, 6.07) is 4.87. The summed E-state index contributed by atoms with van der Waals surface area (Å²) in [5, 5.41) is 0. The Morgan fingerprint density at radius 3 is 2.44 bits per heavy atom. The lowest BCUT2D eigenvalue weighted by molar-refractivity contribution is 0.477. The van der Waals surface area contributed by atoms with Crippen LogP contribution in [0.15, 0.2) is 23.1 Å². The number of hydrogen-bond acceptors (Lipinski definition) is 3. The van der Waals surface area contributed by atoms with Gasteiger partial charge in [-0.3, -0.25) is 0 Å². The summed E-state index contributed by atoms with van der Waals surface area (Å²) < 4.78 is 25.9. The van der Waals surface area contributed by atoms with Gasteiger partial charge in [-0.05, 0) is 43.5 Å². The quantitative estimate of drug-likeness (QED) is 0.794. The first kappa shape index (κ1) is 11.4. The highest BCUT2D eigenvalue weighted by molar-refractivity contribution is 7.89. The summed E-state index contributed by atoms with van der Waals surface area (Å²) in [6.45, 7) is 3.08. The second-order valence-electron chi connectivity index (χ2n) is 4.13. The third-order valence-electron chi connectivity index (χ3n) is 2.94. The van der Waals surface area contributed by atoms with Crippen LogP contribution in [0.1, 0.15) is 18.4 Å². The molecule has 1 aliphatic heterocycles. The van der Waals surface area contributed by atoms with Crippen LogP contribution in [0.25, 0.3) is 0 Å². The lowest BCUT2D eigenvalue weighted by Gasteiger charge is -2.16. The van der Waals surface area contributed by atoms with E-state index in [0.717, 1.165) is 18.4 Å². The molecule has 1 aromatic rings. The van der Waals surface area contributed by atoms with Gasteiger partial charge in [0.05, 0.1) is 4.90 Å². The number of nitrogens with zero attached hydrogens (tertiary/aromatic N) is 1. The maximum absolute atomic E-state index is 12.2. The van der Waals surface area contributed by atoms with Gasteiger partial charge >= 0.3 is 0 Å². The molecular formula is C11H16N2O2S. The lowest BCUT2D eigenvalue weighted by Crippen LogP contribution is -2.27. The van der Waals surface area contributed by atoms with Crippen molar-refractivity contribution in [2.45, 2.75) is 24.7 Å². The molecule has 0 bridgehead atoms. The first-order valence-electron chi connectivity index (χ1n) is 5.38. The van der Waals surface area contributed by atoms with E-state index >= 15 is 0 Å². The predicted octanol–water partition coefficient (Wildman–Crippen LogP) is 1.36. The highest BCUT2D eigenvalue weighted by Crippen LogP contribution is 2.23. The Kier molecular flexibility index (Phi) is 2.90. The Hall–Kier alpha value is -1.07. The minimum Gasteiger partial charge on any atom is -0.399 e. The van der Waals surface area contributed by atoms with Crippen molar-refractivity contribution in [2.24, 2.45) is 0 Å². The molecule has 0 unspecified atom stereocenters. The number of benzene rings is 1. The van der Waals surface area contributed by atoms with Crippen LogP contribution in [-0.2, 0) is 10.0 Å². The second-order valence-corrected chi connectivity index (χ2v) is 6.07. The van der Waals surface area contributed by atoms with E-state index in [4.69, 9.17) is 5.73 Å². The summed E-state index contributed by atoms with van der Waals surface area (Å²) in [7, 11) is -3.30. The average Bonchev–Trinajstić information content (AvgIpc) is 2.75. The van der Waals surface area contributed by atoms with Gasteiger partial charge in [-0.2, -0.15) is 4.31 Å². The molecule has 16 heavy (non-hydrogen) atoms. The number of hydrogen-bond donors (Lipinski definition) is 1. The summed E-state index contributed by atoms with van der Waals surface area (Å²) in [5.41, 5.74) is 7.11. The number of aryl methyl sites for hydroxylation is 1. The Labute approximate surface area is 96.1 Å². The zero-order valence-corrected chi connectivity index (χ0v) is 10.1. The molecule has 1 aliphatic rings. The van der Waals surface area contributed by atoms with Gasteiger partial charge in [-0.25, -0.2) is 8.42 Å². The van der Waals surface area contributed by atoms with Crippen molar-refractivity contribution >= 4 is 15.7 Å². The van der Waals surface area contributed by atoms with Crippen LogP contribution in [0, 0.1) is 6.92 Å². The van der Waals surface area contributed by atoms with E-state index in [9.17, 15) is 8.42 Å². The van der Waals surface area contributed by atoms with Gasteiger partial charge in [-0.1, -0.05) is 0 Å². The van der Waals surface area contributed by atoms with Gasteiger partial charge in [0.15, 0.2) is 0 Å². The van der Waals surface area contributed by atoms with Gasteiger partial charge in [-0.15, -0.1) is 0 Å². The topological polar surface area (TPSA) is 63.4 Å². The average molecular weight is 240 g/mol. The van der Waals surface area contributed by atoms with Crippen LogP contribution < -0.4 is 5.73 Å². The molecule has 0 spiro atoms. The van der Waals surface area contributed by atoms with E-state index in [0.29, 0.717) is 23.7 Å². The van der Waals surface area contributed by atoms with E-state index in [1.54, 1.807) is 18.2 Å². The molecule has 0 aliphatic carbocycles. The third-order valence-corrected chi connectivity index (χ3v) is 4.84. The van der Waals surface area contributed by atoms with Crippen molar-refractivity contribution in [2.75, 3.05) is 18.8 Å². The van der Waals surface area contributed by atoms with Crippen LogP contribution >= 0.6 is 0 Å². The Balaban J connectivity index is 2.39. The fourth-order valence-corrected chi connectivity index (χ4v) is 3.49. The molecule has 5 heteroatoms. The fraction of sp³-hybridized carbons (Fsp3) is 0.455.